The monoisotopic (exact) mass is 283 g/mol. The fourth-order valence-corrected chi connectivity index (χ4v) is 2.59. The minimum Gasteiger partial charge on any atom is -0.308 e. The first-order valence-corrected chi connectivity index (χ1v) is 6.87. The SMILES string of the molecule is Cc1cc(NN)nc(CN2C(=O)CCc3ccccc32)n1. The van der Waals surface area contributed by atoms with E-state index in [1.165, 1.54) is 5.56 Å². The molecule has 1 amide bonds. The van der Waals surface area contributed by atoms with Crippen molar-refractivity contribution in [3.05, 3.63) is 47.4 Å². The lowest BCUT2D eigenvalue weighted by molar-refractivity contribution is -0.119. The predicted octanol–water partition coefficient (Wildman–Crippen LogP) is 1.55. The lowest BCUT2D eigenvalue weighted by atomic mass is 10.0. The molecule has 108 valence electrons. The second-order valence-corrected chi connectivity index (χ2v) is 5.06. The number of nitrogens with one attached hydrogen (secondary N) is 1. The molecule has 2 heterocycles. The Bertz CT molecular complexity index is 686. The number of nitrogen functional groups attached to an aromatic ring is 1. The molecule has 0 unspecified atom stereocenters. The average molecular weight is 283 g/mol. The van der Waals surface area contributed by atoms with Crippen LogP contribution in [0.4, 0.5) is 11.5 Å². The third-order valence-electron chi connectivity index (χ3n) is 3.54. The van der Waals surface area contributed by atoms with Gasteiger partial charge in [0.25, 0.3) is 0 Å². The zero-order chi connectivity index (χ0) is 14.8. The summed E-state index contributed by atoms with van der Waals surface area (Å²) in [6.45, 7) is 2.23. The smallest absolute Gasteiger partial charge is 0.227 e. The molecule has 0 atom stereocenters. The molecule has 1 aromatic carbocycles. The van der Waals surface area contributed by atoms with Gasteiger partial charge in [0, 0.05) is 23.9 Å². The van der Waals surface area contributed by atoms with E-state index in [9.17, 15) is 4.79 Å². The van der Waals surface area contributed by atoms with E-state index in [0.717, 1.165) is 17.8 Å². The predicted molar refractivity (Wildman–Crippen MR) is 80.5 cm³/mol. The van der Waals surface area contributed by atoms with E-state index in [2.05, 4.69) is 21.5 Å². The molecule has 1 aromatic heterocycles. The topological polar surface area (TPSA) is 84.1 Å². The third kappa shape index (κ3) is 2.71. The van der Waals surface area contributed by atoms with Gasteiger partial charge in [-0.3, -0.25) is 4.79 Å². The van der Waals surface area contributed by atoms with Crippen molar-refractivity contribution in [3.8, 4) is 0 Å². The van der Waals surface area contributed by atoms with Gasteiger partial charge < -0.3 is 10.3 Å². The van der Waals surface area contributed by atoms with E-state index in [4.69, 9.17) is 5.84 Å². The first-order chi connectivity index (χ1) is 10.2. The van der Waals surface area contributed by atoms with Gasteiger partial charge in [-0.05, 0) is 25.0 Å². The van der Waals surface area contributed by atoms with Crippen molar-refractivity contribution in [3.63, 3.8) is 0 Å². The Balaban J connectivity index is 1.94. The summed E-state index contributed by atoms with van der Waals surface area (Å²) in [5.74, 6) is 6.63. The van der Waals surface area contributed by atoms with Crippen molar-refractivity contribution in [1.82, 2.24) is 9.97 Å². The average Bonchev–Trinajstić information content (AvgIpc) is 2.49. The second kappa shape index (κ2) is 5.49. The van der Waals surface area contributed by atoms with E-state index in [1.807, 2.05) is 25.1 Å². The number of benzene rings is 1. The standard InChI is InChI=1S/C15H17N5O/c1-10-8-13(19-16)18-14(17-10)9-20-12-5-3-2-4-11(12)6-7-15(20)21/h2-5,8H,6-7,9,16H2,1H3,(H,17,18,19). The van der Waals surface area contributed by atoms with Crippen LogP contribution in [0.5, 0.6) is 0 Å². The van der Waals surface area contributed by atoms with Gasteiger partial charge >= 0.3 is 0 Å². The van der Waals surface area contributed by atoms with E-state index < -0.39 is 0 Å². The Morgan fingerprint density at radius 3 is 2.90 bits per heavy atom. The summed E-state index contributed by atoms with van der Waals surface area (Å²) in [4.78, 5) is 22.7. The van der Waals surface area contributed by atoms with E-state index >= 15 is 0 Å². The Labute approximate surface area is 123 Å². The number of rotatable bonds is 3. The molecule has 6 nitrogen and oxygen atoms in total. The molecule has 21 heavy (non-hydrogen) atoms. The molecule has 2 aromatic rings. The highest BCUT2D eigenvalue weighted by Gasteiger charge is 2.24. The van der Waals surface area contributed by atoms with Gasteiger partial charge in [-0.2, -0.15) is 0 Å². The van der Waals surface area contributed by atoms with Crippen LogP contribution in [0.2, 0.25) is 0 Å². The number of aryl methyl sites for hydroxylation is 2. The Morgan fingerprint density at radius 1 is 1.29 bits per heavy atom. The number of nitrogens with zero attached hydrogens (tertiary/aromatic N) is 3. The van der Waals surface area contributed by atoms with Gasteiger partial charge in [0.05, 0.1) is 6.54 Å². The van der Waals surface area contributed by atoms with Crippen LogP contribution in [0, 0.1) is 6.92 Å². The molecule has 0 spiro atoms. The maximum Gasteiger partial charge on any atom is 0.227 e. The lowest BCUT2D eigenvalue weighted by Crippen LogP contribution is -2.35. The summed E-state index contributed by atoms with van der Waals surface area (Å²) in [7, 11) is 0. The number of fused-ring (bicyclic) bond motifs is 1. The number of hydrazine groups is 1. The fourth-order valence-electron chi connectivity index (χ4n) is 2.59. The second-order valence-electron chi connectivity index (χ2n) is 5.06. The third-order valence-corrected chi connectivity index (χ3v) is 3.54. The molecule has 0 saturated heterocycles. The molecule has 1 aliphatic rings. The summed E-state index contributed by atoms with van der Waals surface area (Å²) < 4.78 is 0. The van der Waals surface area contributed by atoms with Crippen molar-refractivity contribution < 1.29 is 4.79 Å². The van der Waals surface area contributed by atoms with Crippen LogP contribution >= 0.6 is 0 Å². The molecule has 0 saturated carbocycles. The van der Waals surface area contributed by atoms with Crippen LogP contribution in [0.1, 0.15) is 23.5 Å². The normalized spacial score (nSPS) is 14.0. The van der Waals surface area contributed by atoms with Crippen LogP contribution < -0.4 is 16.2 Å². The molecule has 0 fully saturated rings. The van der Waals surface area contributed by atoms with Gasteiger partial charge in [0.15, 0.2) is 5.82 Å². The van der Waals surface area contributed by atoms with Gasteiger partial charge in [-0.15, -0.1) is 0 Å². The largest absolute Gasteiger partial charge is 0.308 e. The molecule has 0 radical (unpaired) electrons. The summed E-state index contributed by atoms with van der Waals surface area (Å²) in [6, 6.07) is 9.71. The summed E-state index contributed by atoms with van der Waals surface area (Å²) in [5.41, 5.74) is 5.46. The Morgan fingerprint density at radius 2 is 2.10 bits per heavy atom. The van der Waals surface area contributed by atoms with Crippen molar-refractivity contribution in [2.24, 2.45) is 5.84 Å². The molecule has 6 heteroatoms. The number of carbonyl (C=O) groups is 1. The van der Waals surface area contributed by atoms with Crippen LogP contribution in [-0.2, 0) is 17.8 Å². The Hall–Kier alpha value is -2.47. The van der Waals surface area contributed by atoms with Crippen LogP contribution in [0.25, 0.3) is 0 Å². The maximum atomic E-state index is 12.2. The van der Waals surface area contributed by atoms with Gasteiger partial charge in [-0.25, -0.2) is 15.8 Å². The summed E-state index contributed by atoms with van der Waals surface area (Å²) in [5, 5.41) is 0. The minimum atomic E-state index is 0.0982. The van der Waals surface area contributed by atoms with Gasteiger partial charge in [0.2, 0.25) is 5.91 Å². The number of aromatic nitrogens is 2. The molecular formula is C15H17N5O. The van der Waals surface area contributed by atoms with Crippen LogP contribution in [0.15, 0.2) is 30.3 Å². The van der Waals surface area contributed by atoms with Gasteiger partial charge in [-0.1, -0.05) is 18.2 Å². The first kappa shape index (κ1) is 13.5. The van der Waals surface area contributed by atoms with E-state index in [0.29, 0.717) is 24.6 Å². The number of hydrogen-bond donors (Lipinski definition) is 2. The van der Waals surface area contributed by atoms with E-state index in [-0.39, 0.29) is 5.91 Å². The first-order valence-electron chi connectivity index (χ1n) is 6.87. The molecule has 0 aliphatic carbocycles. The van der Waals surface area contributed by atoms with Crippen molar-refractivity contribution in [2.75, 3.05) is 10.3 Å². The number of nitrogens with two attached hydrogens (primary N) is 1. The number of anilines is 2. The highest BCUT2D eigenvalue weighted by molar-refractivity contribution is 5.96. The van der Waals surface area contributed by atoms with Gasteiger partial charge in [0.1, 0.15) is 5.82 Å². The maximum absolute atomic E-state index is 12.2. The zero-order valence-corrected chi connectivity index (χ0v) is 11.8. The fraction of sp³-hybridized carbons (Fsp3) is 0.267. The molecule has 3 N–H and O–H groups in total. The molecular weight excluding hydrogens is 266 g/mol. The highest BCUT2D eigenvalue weighted by atomic mass is 16.2. The number of para-hydroxylation sites is 1. The van der Waals surface area contributed by atoms with E-state index in [1.54, 1.807) is 11.0 Å². The number of carbonyl (C=O) groups excluding carboxylic acids is 1. The molecule has 3 rings (SSSR count). The number of hydrogen-bond acceptors (Lipinski definition) is 5. The zero-order valence-electron chi connectivity index (χ0n) is 11.8. The van der Waals surface area contributed by atoms with Crippen molar-refractivity contribution in [2.45, 2.75) is 26.3 Å². The summed E-state index contributed by atoms with van der Waals surface area (Å²) in [6.07, 6.45) is 1.31. The lowest BCUT2D eigenvalue weighted by Gasteiger charge is -2.28. The summed E-state index contributed by atoms with van der Waals surface area (Å²) >= 11 is 0. The highest BCUT2D eigenvalue weighted by Crippen LogP contribution is 2.28. The molecule has 0 bridgehead atoms. The molecule has 1 aliphatic heterocycles. The van der Waals surface area contributed by atoms with Crippen LogP contribution in [-0.4, -0.2) is 15.9 Å². The van der Waals surface area contributed by atoms with Crippen LogP contribution in [0.3, 0.4) is 0 Å². The quantitative estimate of drug-likeness (QED) is 0.659. The Kier molecular flexibility index (Phi) is 3.53. The number of amides is 1. The minimum absolute atomic E-state index is 0.0982. The van der Waals surface area contributed by atoms with Crippen molar-refractivity contribution in [1.29, 1.82) is 0 Å². The van der Waals surface area contributed by atoms with Crippen molar-refractivity contribution >= 4 is 17.4 Å².